The molecule has 7 heteroatoms. The van der Waals surface area contributed by atoms with Crippen molar-refractivity contribution in [1.29, 1.82) is 0 Å². The number of methoxy groups -OCH3 is 1. The second-order valence-corrected chi connectivity index (χ2v) is 8.55. The van der Waals surface area contributed by atoms with Crippen LogP contribution in [0.25, 0.3) is 0 Å². The van der Waals surface area contributed by atoms with Gasteiger partial charge in [-0.2, -0.15) is 0 Å². The zero-order chi connectivity index (χ0) is 23.8. The van der Waals surface area contributed by atoms with Crippen molar-refractivity contribution in [2.45, 2.75) is 32.7 Å². The third kappa shape index (κ3) is 6.42. The molecule has 2 N–H and O–H groups in total. The normalized spacial score (nSPS) is 15.1. The first kappa shape index (κ1) is 24.5. The Hall–Kier alpha value is -3.19. The molecule has 1 fully saturated rings. The highest BCUT2D eigenvalue weighted by atomic mass is 16.5. The minimum atomic E-state index is -0.675. The summed E-state index contributed by atoms with van der Waals surface area (Å²) in [5, 5.41) is 5.79. The smallest absolute Gasteiger partial charge is 0.254 e. The maximum atomic E-state index is 13.0. The van der Waals surface area contributed by atoms with Crippen molar-refractivity contribution < 1.29 is 19.1 Å². The predicted octanol–water partition coefficient (Wildman–Crippen LogP) is 2.72. The van der Waals surface area contributed by atoms with E-state index in [9.17, 15) is 14.4 Å². The van der Waals surface area contributed by atoms with E-state index in [0.717, 1.165) is 11.1 Å². The lowest BCUT2D eigenvalue weighted by Gasteiger charge is -2.36. The van der Waals surface area contributed by atoms with Gasteiger partial charge in [0.15, 0.2) is 0 Å². The fourth-order valence-corrected chi connectivity index (χ4v) is 4.13. The minimum Gasteiger partial charge on any atom is -0.383 e. The molecule has 0 spiro atoms. The van der Waals surface area contributed by atoms with Gasteiger partial charge in [-0.15, -0.1) is 0 Å². The summed E-state index contributed by atoms with van der Waals surface area (Å²) in [5.74, 6) is -0.560. The first-order valence-electron chi connectivity index (χ1n) is 11.4. The molecule has 0 saturated carbocycles. The molecule has 0 radical (unpaired) electrons. The summed E-state index contributed by atoms with van der Waals surface area (Å²) in [4.78, 5) is 40.6. The Bertz CT molecular complexity index is 966. The molecule has 3 rings (SSSR count). The fourth-order valence-electron chi connectivity index (χ4n) is 4.13. The van der Waals surface area contributed by atoms with Crippen LogP contribution < -0.4 is 10.6 Å². The molecule has 0 unspecified atom stereocenters. The number of amides is 3. The molecule has 1 atom stereocenters. The average Bonchev–Trinajstić information content (AvgIpc) is 2.83. The van der Waals surface area contributed by atoms with Crippen molar-refractivity contribution >= 4 is 17.7 Å². The number of ether oxygens (including phenoxy) is 1. The Balaban J connectivity index is 1.68. The predicted molar refractivity (Wildman–Crippen MR) is 127 cm³/mol. The van der Waals surface area contributed by atoms with E-state index < -0.39 is 6.04 Å². The van der Waals surface area contributed by atoms with Crippen molar-refractivity contribution in [3.8, 4) is 0 Å². The molecular formula is C26H33N3O4. The molecule has 0 bridgehead atoms. The Morgan fingerprint density at radius 3 is 2.33 bits per heavy atom. The van der Waals surface area contributed by atoms with E-state index in [1.165, 1.54) is 0 Å². The third-order valence-corrected chi connectivity index (χ3v) is 6.16. The Morgan fingerprint density at radius 1 is 1.03 bits per heavy atom. The number of hydrogen-bond donors (Lipinski definition) is 2. The second kappa shape index (κ2) is 11.6. The maximum Gasteiger partial charge on any atom is 0.254 e. The molecule has 0 aliphatic carbocycles. The number of carbonyl (C=O) groups is 3. The summed E-state index contributed by atoms with van der Waals surface area (Å²) < 4.78 is 5.02. The molecule has 33 heavy (non-hydrogen) atoms. The molecule has 7 nitrogen and oxygen atoms in total. The molecule has 3 amide bonds. The van der Waals surface area contributed by atoms with E-state index in [-0.39, 0.29) is 23.6 Å². The van der Waals surface area contributed by atoms with Crippen molar-refractivity contribution in [1.82, 2.24) is 15.5 Å². The van der Waals surface area contributed by atoms with Crippen molar-refractivity contribution in [2.75, 3.05) is 33.4 Å². The highest BCUT2D eigenvalue weighted by Gasteiger charge is 2.34. The van der Waals surface area contributed by atoms with E-state index in [1.54, 1.807) is 19.2 Å². The minimum absolute atomic E-state index is 0.0105. The summed E-state index contributed by atoms with van der Waals surface area (Å²) in [6.45, 7) is 5.74. The van der Waals surface area contributed by atoms with E-state index in [4.69, 9.17) is 4.74 Å². The van der Waals surface area contributed by atoms with Gasteiger partial charge in [0, 0.05) is 37.9 Å². The maximum absolute atomic E-state index is 13.0. The molecule has 1 saturated heterocycles. The van der Waals surface area contributed by atoms with Crippen LogP contribution in [0.15, 0.2) is 48.5 Å². The average molecular weight is 452 g/mol. The Morgan fingerprint density at radius 2 is 1.70 bits per heavy atom. The highest BCUT2D eigenvalue weighted by molar-refractivity contribution is 5.98. The van der Waals surface area contributed by atoms with Crippen LogP contribution in [-0.4, -0.2) is 62.0 Å². The topological polar surface area (TPSA) is 87.7 Å². The zero-order valence-corrected chi connectivity index (χ0v) is 19.6. The number of hydrogen-bond acceptors (Lipinski definition) is 4. The van der Waals surface area contributed by atoms with Gasteiger partial charge in [-0.3, -0.25) is 14.4 Å². The molecule has 1 aliphatic heterocycles. The van der Waals surface area contributed by atoms with Gasteiger partial charge in [-0.05, 0) is 56.4 Å². The van der Waals surface area contributed by atoms with Gasteiger partial charge >= 0.3 is 0 Å². The van der Waals surface area contributed by atoms with Crippen LogP contribution in [-0.2, 0) is 9.53 Å². The molecule has 176 valence electrons. The second-order valence-electron chi connectivity index (χ2n) is 8.55. The number of piperidine rings is 1. The van der Waals surface area contributed by atoms with Crippen LogP contribution in [0.2, 0.25) is 0 Å². The summed E-state index contributed by atoms with van der Waals surface area (Å²) in [7, 11) is 1.57. The zero-order valence-electron chi connectivity index (χ0n) is 19.6. The molecule has 0 aromatic heterocycles. The van der Waals surface area contributed by atoms with Gasteiger partial charge in [0.1, 0.15) is 6.04 Å². The van der Waals surface area contributed by atoms with Gasteiger partial charge in [-0.1, -0.05) is 35.9 Å². The number of carbonyl (C=O) groups excluding carboxylic acids is 3. The van der Waals surface area contributed by atoms with Crippen LogP contribution >= 0.6 is 0 Å². The largest absolute Gasteiger partial charge is 0.383 e. The summed E-state index contributed by atoms with van der Waals surface area (Å²) in [5.41, 5.74) is 3.23. The van der Waals surface area contributed by atoms with Crippen molar-refractivity contribution in [2.24, 2.45) is 5.92 Å². The van der Waals surface area contributed by atoms with Crippen molar-refractivity contribution in [3.63, 3.8) is 0 Å². The van der Waals surface area contributed by atoms with E-state index in [2.05, 4.69) is 10.6 Å². The fraction of sp³-hybridized carbons (Fsp3) is 0.423. The number of nitrogens with zero attached hydrogens (tertiary/aromatic N) is 1. The summed E-state index contributed by atoms with van der Waals surface area (Å²) in [6.07, 6.45) is 1.27. The van der Waals surface area contributed by atoms with Crippen LogP contribution in [0, 0.1) is 19.8 Å². The summed E-state index contributed by atoms with van der Waals surface area (Å²) in [6, 6.07) is 14.2. The van der Waals surface area contributed by atoms with Gasteiger partial charge in [0.2, 0.25) is 5.91 Å². The first-order valence-corrected chi connectivity index (χ1v) is 11.4. The van der Waals surface area contributed by atoms with Crippen LogP contribution in [0.1, 0.15) is 44.7 Å². The number of benzene rings is 2. The van der Waals surface area contributed by atoms with Crippen LogP contribution in [0.5, 0.6) is 0 Å². The van der Waals surface area contributed by atoms with Gasteiger partial charge in [-0.25, -0.2) is 0 Å². The number of aryl methyl sites for hydroxylation is 2. The monoisotopic (exact) mass is 451 g/mol. The quantitative estimate of drug-likeness (QED) is 0.604. The number of nitrogens with one attached hydrogen (secondary N) is 2. The number of rotatable bonds is 8. The molecular weight excluding hydrogens is 418 g/mol. The lowest BCUT2D eigenvalue weighted by atomic mass is 9.88. The standard InChI is InChI=1S/C26H33N3O4/c1-18-8-10-21(11-9-18)24(30)28-23(25(31)27-14-17-33-3)20-12-15-29(16-13-20)26(32)22-7-5-4-6-19(22)2/h4-11,20,23H,12-17H2,1-3H3,(H,27,31)(H,28,30)/t23-/m1/s1. The highest BCUT2D eigenvalue weighted by Crippen LogP contribution is 2.23. The molecule has 2 aromatic carbocycles. The van der Waals surface area contributed by atoms with Gasteiger partial charge in [0.05, 0.1) is 6.61 Å². The Kier molecular flexibility index (Phi) is 8.60. The lowest BCUT2D eigenvalue weighted by molar-refractivity contribution is -0.124. The molecule has 1 heterocycles. The Labute approximate surface area is 195 Å². The lowest BCUT2D eigenvalue weighted by Crippen LogP contribution is -2.54. The van der Waals surface area contributed by atoms with E-state index in [0.29, 0.717) is 50.2 Å². The van der Waals surface area contributed by atoms with E-state index in [1.807, 2.05) is 55.1 Å². The third-order valence-electron chi connectivity index (χ3n) is 6.16. The van der Waals surface area contributed by atoms with Crippen LogP contribution in [0.3, 0.4) is 0 Å². The molecule has 1 aliphatic rings. The number of likely N-dealkylation sites (tertiary alicyclic amines) is 1. The van der Waals surface area contributed by atoms with Crippen LogP contribution in [0.4, 0.5) is 0 Å². The molecule has 2 aromatic rings. The van der Waals surface area contributed by atoms with Gasteiger partial charge in [0.25, 0.3) is 11.8 Å². The van der Waals surface area contributed by atoms with Gasteiger partial charge < -0.3 is 20.3 Å². The van der Waals surface area contributed by atoms with Crippen molar-refractivity contribution in [3.05, 3.63) is 70.8 Å². The summed E-state index contributed by atoms with van der Waals surface area (Å²) >= 11 is 0. The first-order chi connectivity index (χ1) is 15.9. The van der Waals surface area contributed by atoms with E-state index >= 15 is 0 Å². The SMILES string of the molecule is COCCNC(=O)[C@H](NC(=O)c1ccc(C)cc1)C1CCN(C(=O)c2ccccc2C)CC1.